The van der Waals surface area contributed by atoms with E-state index >= 15 is 0 Å². The number of aromatic nitrogens is 4. The van der Waals surface area contributed by atoms with Gasteiger partial charge in [-0.05, 0) is 70.1 Å². The van der Waals surface area contributed by atoms with Crippen molar-refractivity contribution in [2.75, 3.05) is 0 Å². The van der Waals surface area contributed by atoms with Gasteiger partial charge in [-0.15, -0.1) is 11.3 Å². The number of furan rings is 1. The van der Waals surface area contributed by atoms with Gasteiger partial charge in [0.05, 0.1) is 16.7 Å². The molecular formula is C53H30N4OS. The van der Waals surface area contributed by atoms with Crippen LogP contribution in [0.1, 0.15) is 0 Å². The molecule has 0 amide bonds. The van der Waals surface area contributed by atoms with Gasteiger partial charge >= 0.3 is 0 Å². The fourth-order valence-electron chi connectivity index (χ4n) is 9.16. The zero-order valence-electron chi connectivity index (χ0n) is 31.4. The molecule has 59 heavy (non-hydrogen) atoms. The molecule has 0 atom stereocenters. The maximum absolute atomic E-state index is 6.62. The maximum atomic E-state index is 6.62. The summed E-state index contributed by atoms with van der Waals surface area (Å²) in [7, 11) is 0. The molecule has 0 aliphatic carbocycles. The predicted octanol–water partition coefficient (Wildman–Crippen LogP) is 14.5. The molecule has 5 nitrogen and oxygen atoms in total. The highest BCUT2D eigenvalue weighted by molar-refractivity contribution is 7.25. The number of hydrogen-bond acceptors (Lipinski definition) is 5. The van der Waals surface area contributed by atoms with Crippen molar-refractivity contribution in [2.45, 2.75) is 0 Å². The Bertz CT molecular complexity index is 3870. The lowest BCUT2D eigenvalue weighted by Gasteiger charge is -2.16. The summed E-state index contributed by atoms with van der Waals surface area (Å²) in [6.07, 6.45) is 0. The quantitative estimate of drug-likeness (QED) is 0.179. The first-order valence-electron chi connectivity index (χ1n) is 19.8. The normalized spacial score (nSPS) is 12.1. The minimum Gasteiger partial charge on any atom is -0.456 e. The Morgan fingerprint density at radius 1 is 0.373 bits per heavy atom. The van der Waals surface area contributed by atoms with E-state index < -0.39 is 0 Å². The Kier molecular flexibility index (Phi) is 6.82. The molecule has 0 aliphatic heterocycles. The highest BCUT2D eigenvalue weighted by Gasteiger charge is 2.24. The largest absolute Gasteiger partial charge is 0.456 e. The van der Waals surface area contributed by atoms with Crippen LogP contribution >= 0.6 is 11.3 Å². The number of hydrogen-bond donors (Lipinski definition) is 0. The zero-order chi connectivity index (χ0) is 38.6. The molecule has 0 unspecified atom stereocenters. The minimum absolute atomic E-state index is 0.568. The third-order valence-corrected chi connectivity index (χ3v) is 13.0. The lowest BCUT2D eigenvalue weighted by Crippen LogP contribution is -2.04. The second-order valence-electron chi connectivity index (χ2n) is 15.1. The molecule has 6 heteroatoms. The van der Waals surface area contributed by atoms with E-state index in [9.17, 15) is 0 Å². The number of benzene rings is 9. The molecule has 0 aliphatic rings. The van der Waals surface area contributed by atoms with Crippen LogP contribution in [-0.2, 0) is 0 Å². The summed E-state index contributed by atoms with van der Waals surface area (Å²) >= 11 is 1.79. The van der Waals surface area contributed by atoms with Crippen LogP contribution in [0.15, 0.2) is 186 Å². The van der Waals surface area contributed by atoms with Crippen LogP contribution in [0.25, 0.3) is 125 Å². The van der Waals surface area contributed by atoms with E-state index in [2.05, 4.69) is 174 Å². The molecule has 13 aromatic rings. The van der Waals surface area contributed by atoms with Gasteiger partial charge in [-0.2, -0.15) is 0 Å². The van der Waals surface area contributed by atoms with Crippen molar-refractivity contribution >= 4 is 96.8 Å². The molecule has 0 bridgehead atoms. The van der Waals surface area contributed by atoms with Crippen molar-refractivity contribution in [1.82, 2.24) is 19.5 Å². The van der Waals surface area contributed by atoms with Crippen molar-refractivity contribution < 1.29 is 4.42 Å². The molecule has 0 saturated heterocycles. The fraction of sp³-hybridized carbons (Fsp3) is 0. The Balaban J connectivity index is 1.18. The minimum atomic E-state index is 0.568. The summed E-state index contributed by atoms with van der Waals surface area (Å²) in [4.78, 5) is 16.3. The molecule has 0 fully saturated rings. The third kappa shape index (κ3) is 4.87. The van der Waals surface area contributed by atoms with Crippen LogP contribution in [0.3, 0.4) is 0 Å². The molecule has 0 N–H and O–H groups in total. The number of thiophene rings is 1. The lowest BCUT2D eigenvalue weighted by atomic mass is 10.0. The molecule has 13 rings (SSSR count). The Morgan fingerprint density at radius 3 is 1.85 bits per heavy atom. The van der Waals surface area contributed by atoms with E-state index in [-0.39, 0.29) is 0 Å². The van der Waals surface area contributed by atoms with E-state index in [0.29, 0.717) is 17.5 Å². The van der Waals surface area contributed by atoms with Gasteiger partial charge in [-0.3, -0.25) is 0 Å². The van der Waals surface area contributed by atoms with Crippen molar-refractivity contribution in [1.29, 1.82) is 0 Å². The van der Waals surface area contributed by atoms with Crippen LogP contribution in [0, 0.1) is 0 Å². The Morgan fingerprint density at radius 2 is 0.983 bits per heavy atom. The Labute approximate surface area is 341 Å². The van der Waals surface area contributed by atoms with Crippen LogP contribution in [-0.4, -0.2) is 19.5 Å². The highest BCUT2D eigenvalue weighted by Crippen LogP contribution is 2.43. The molecule has 0 radical (unpaired) electrons. The highest BCUT2D eigenvalue weighted by atomic mass is 32.1. The van der Waals surface area contributed by atoms with Gasteiger partial charge in [-0.1, -0.05) is 133 Å². The first-order valence-corrected chi connectivity index (χ1v) is 20.6. The van der Waals surface area contributed by atoms with Crippen molar-refractivity contribution in [3.05, 3.63) is 182 Å². The number of para-hydroxylation sites is 2. The van der Waals surface area contributed by atoms with Crippen LogP contribution in [0.4, 0.5) is 0 Å². The molecule has 4 heterocycles. The molecule has 274 valence electrons. The van der Waals surface area contributed by atoms with Gasteiger partial charge in [0.15, 0.2) is 17.5 Å². The van der Waals surface area contributed by atoms with Gasteiger partial charge < -0.3 is 8.98 Å². The van der Waals surface area contributed by atoms with E-state index in [4.69, 9.17) is 19.4 Å². The fourth-order valence-corrected chi connectivity index (χ4v) is 10.3. The predicted molar refractivity (Wildman–Crippen MR) is 246 cm³/mol. The summed E-state index contributed by atoms with van der Waals surface area (Å²) < 4.78 is 11.4. The monoisotopic (exact) mass is 770 g/mol. The van der Waals surface area contributed by atoms with Gasteiger partial charge in [0, 0.05) is 58.4 Å². The number of rotatable bonds is 4. The van der Waals surface area contributed by atoms with Gasteiger partial charge in [0.1, 0.15) is 11.2 Å². The maximum Gasteiger partial charge on any atom is 0.166 e. The molecule has 4 aromatic heterocycles. The lowest BCUT2D eigenvalue weighted by molar-refractivity contribution is 0.669. The summed E-state index contributed by atoms with van der Waals surface area (Å²) in [5.74, 6) is 1.80. The van der Waals surface area contributed by atoms with Crippen molar-refractivity contribution in [2.24, 2.45) is 0 Å². The SMILES string of the molecule is c1ccc2cc3c(cc2c1)c1ccccc1n3-c1cc2c(cc1-c1nc(-c3cccc4ccccc34)nc(-c3cccc4sc5ccccc5c34)n1)oc1ccccc12. The van der Waals surface area contributed by atoms with E-state index in [1.165, 1.54) is 36.3 Å². The van der Waals surface area contributed by atoms with Crippen molar-refractivity contribution in [3.63, 3.8) is 0 Å². The average Bonchev–Trinajstić information content (AvgIpc) is 3.96. The first-order chi connectivity index (χ1) is 29.2. The van der Waals surface area contributed by atoms with Gasteiger partial charge in [0.25, 0.3) is 0 Å². The summed E-state index contributed by atoms with van der Waals surface area (Å²) in [5, 5.41) is 11.4. The molecule has 9 aromatic carbocycles. The zero-order valence-corrected chi connectivity index (χ0v) is 32.2. The number of fused-ring (bicyclic) bond motifs is 11. The van der Waals surface area contributed by atoms with Crippen LogP contribution in [0.5, 0.6) is 0 Å². The standard InChI is InChI=1S/C53H30N4OS/c1-2-15-33-28-44-40(27-32(33)14-1)35-18-5-8-23-43(35)57(44)45-29-41-36-19-6-9-24-46(36)58-47(41)30-42(45)53-55-51(37-21-11-16-31-13-3-4-17-34(31)37)54-52(56-53)39-22-12-26-49-50(39)38-20-7-10-25-48(38)59-49/h1-30H. The smallest absolute Gasteiger partial charge is 0.166 e. The molecular weight excluding hydrogens is 741 g/mol. The van der Waals surface area contributed by atoms with E-state index in [1.807, 2.05) is 12.1 Å². The second-order valence-corrected chi connectivity index (χ2v) is 16.2. The summed E-state index contributed by atoms with van der Waals surface area (Å²) in [5.41, 5.74) is 7.55. The summed E-state index contributed by atoms with van der Waals surface area (Å²) in [6, 6.07) is 64.4. The van der Waals surface area contributed by atoms with Crippen LogP contribution in [0.2, 0.25) is 0 Å². The molecule has 0 saturated carbocycles. The average molecular weight is 771 g/mol. The summed E-state index contributed by atoms with van der Waals surface area (Å²) in [6.45, 7) is 0. The second kappa shape index (κ2) is 12.4. The third-order valence-electron chi connectivity index (χ3n) is 11.8. The topological polar surface area (TPSA) is 56.7 Å². The Hall–Kier alpha value is -7.67. The van der Waals surface area contributed by atoms with Gasteiger partial charge in [0.2, 0.25) is 0 Å². The van der Waals surface area contributed by atoms with Crippen molar-refractivity contribution in [3.8, 4) is 39.9 Å². The van der Waals surface area contributed by atoms with E-state index in [1.54, 1.807) is 11.3 Å². The number of nitrogens with zero attached hydrogens (tertiary/aromatic N) is 4. The van der Waals surface area contributed by atoms with Gasteiger partial charge in [-0.25, -0.2) is 15.0 Å². The van der Waals surface area contributed by atoms with E-state index in [0.717, 1.165) is 71.5 Å². The first kappa shape index (κ1) is 32.4. The van der Waals surface area contributed by atoms with Crippen LogP contribution < -0.4 is 0 Å². The molecule has 0 spiro atoms.